The Labute approximate surface area is 192 Å². The summed E-state index contributed by atoms with van der Waals surface area (Å²) in [7, 11) is 0. The van der Waals surface area contributed by atoms with E-state index in [4.69, 9.17) is 10.5 Å². The molecule has 1 fully saturated rings. The van der Waals surface area contributed by atoms with Gasteiger partial charge in [0, 0.05) is 37.9 Å². The fourth-order valence-corrected chi connectivity index (χ4v) is 3.55. The summed E-state index contributed by atoms with van der Waals surface area (Å²) < 4.78 is 44.4. The summed E-state index contributed by atoms with van der Waals surface area (Å²) in [4.78, 5) is 33.8. The van der Waals surface area contributed by atoms with Gasteiger partial charge in [0.05, 0.1) is 24.6 Å². The molecule has 180 valence electrons. The van der Waals surface area contributed by atoms with E-state index >= 15 is 0 Å². The number of nitrogens with two attached hydrogens (primary N) is 1. The first-order valence-corrected chi connectivity index (χ1v) is 10.4. The lowest BCUT2D eigenvalue weighted by molar-refractivity contribution is -0.141. The van der Waals surface area contributed by atoms with Gasteiger partial charge in [0.15, 0.2) is 5.82 Å². The summed E-state index contributed by atoms with van der Waals surface area (Å²) in [5.41, 5.74) is 5.43. The minimum absolute atomic E-state index is 0.0395. The van der Waals surface area contributed by atoms with Crippen molar-refractivity contribution in [2.45, 2.75) is 12.6 Å². The van der Waals surface area contributed by atoms with Gasteiger partial charge in [0.2, 0.25) is 5.91 Å². The molecule has 34 heavy (non-hydrogen) atoms. The van der Waals surface area contributed by atoms with Crippen LogP contribution in [0.5, 0.6) is 0 Å². The molecule has 4 rings (SSSR count). The third kappa shape index (κ3) is 5.43. The molecule has 13 heteroatoms. The molecule has 2 aromatic rings. The van der Waals surface area contributed by atoms with E-state index < -0.39 is 23.6 Å². The smallest absolute Gasteiger partial charge is 0.379 e. The van der Waals surface area contributed by atoms with Gasteiger partial charge in [-0.05, 0) is 24.3 Å². The molecule has 0 atom stereocenters. The molecule has 3 heterocycles. The number of amides is 2. The first kappa shape index (κ1) is 23.4. The number of hydrogen-bond donors (Lipinski definition) is 4. The van der Waals surface area contributed by atoms with Crippen molar-refractivity contribution in [3.8, 4) is 0 Å². The van der Waals surface area contributed by atoms with Gasteiger partial charge in [0.25, 0.3) is 5.91 Å². The SMILES string of the molecule is NC(=O)/C(=C1\Nc2ccc(NC(=O)CCN3CCOCC3)cc2N1)c1nccc(C(F)(F)F)n1. The predicted octanol–water partition coefficient (Wildman–Crippen LogP) is 1.85. The van der Waals surface area contributed by atoms with Gasteiger partial charge in [-0.25, -0.2) is 9.97 Å². The first-order chi connectivity index (χ1) is 16.2. The number of aromatic nitrogens is 2. The van der Waals surface area contributed by atoms with E-state index in [1.807, 2.05) is 0 Å². The normalized spacial score (nSPS) is 17.4. The number of primary amides is 1. The average molecular weight is 477 g/mol. The van der Waals surface area contributed by atoms with Gasteiger partial charge in [-0.15, -0.1) is 0 Å². The van der Waals surface area contributed by atoms with Crippen LogP contribution in [0.1, 0.15) is 17.9 Å². The molecular formula is C21H22F3N7O3. The number of fused-ring (bicyclic) bond motifs is 1. The molecular weight excluding hydrogens is 455 g/mol. The Bertz CT molecular complexity index is 1130. The zero-order valence-corrected chi connectivity index (χ0v) is 17.9. The number of rotatable bonds is 6. The molecule has 0 bridgehead atoms. The summed E-state index contributed by atoms with van der Waals surface area (Å²) in [6.45, 7) is 3.49. The molecule has 2 aliphatic heterocycles. The quantitative estimate of drug-likeness (QED) is 0.463. The molecule has 0 aliphatic carbocycles. The van der Waals surface area contributed by atoms with Crippen molar-refractivity contribution in [2.75, 3.05) is 48.8 Å². The molecule has 2 aliphatic rings. The topological polar surface area (TPSA) is 134 Å². The van der Waals surface area contributed by atoms with Crippen molar-refractivity contribution in [1.29, 1.82) is 0 Å². The zero-order valence-electron chi connectivity index (χ0n) is 17.9. The highest BCUT2D eigenvalue weighted by atomic mass is 19.4. The van der Waals surface area contributed by atoms with E-state index in [2.05, 4.69) is 30.8 Å². The van der Waals surface area contributed by atoms with Crippen LogP contribution in [-0.4, -0.2) is 59.5 Å². The summed E-state index contributed by atoms with van der Waals surface area (Å²) >= 11 is 0. The van der Waals surface area contributed by atoms with Gasteiger partial charge < -0.3 is 26.4 Å². The van der Waals surface area contributed by atoms with Crippen LogP contribution in [0.4, 0.5) is 30.2 Å². The Hall–Kier alpha value is -3.71. The van der Waals surface area contributed by atoms with E-state index in [9.17, 15) is 22.8 Å². The number of morpholine rings is 1. The summed E-state index contributed by atoms with van der Waals surface area (Å²) in [6.07, 6.45) is -3.49. The fraction of sp³-hybridized carbons (Fsp3) is 0.333. The van der Waals surface area contributed by atoms with Crippen molar-refractivity contribution in [1.82, 2.24) is 14.9 Å². The lowest BCUT2D eigenvalue weighted by Gasteiger charge is -2.26. The molecule has 1 aromatic carbocycles. The molecule has 0 radical (unpaired) electrons. The van der Waals surface area contributed by atoms with E-state index in [1.165, 1.54) is 0 Å². The highest BCUT2D eigenvalue weighted by molar-refractivity contribution is 6.20. The predicted molar refractivity (Wildman–Crippen MR) is 117 cm³/mol. The number of benzene rings is 1. The largest absolute Gasteiger partial charge is 0.433 e. The maximum absolute atomic E-state index is 13.0. The van der Waals surface area contributed by atoms with Crippen LogP contribution < -0.4 is 21.7 Å². The number of ether oxygens (including phenoxy) is 1. The number of nitrogens with zero attached hydrogens (tertiary/aromatic N) is 3. The number of anilines is 3. The second-order valence-corrected chi connectivity index (χ2v) is 7.64. The fourth-order valence-electron chi connectivity index (χ4n) is 3.55. The summed E-state index contributed by atoms with van der Waals surface area (Å²) in [5.74, 6) is -1.61. The summed E-state index contributed by atoms with van der Waals surface area (Å²) in [5, 5.41) is 8.61. The number of carbonyl (C=O) groups is 2. The van der Waals surface area contributed by atoms with Gasteiger partial charge in [-0.2, -0.15) is 13.2 Å². The zero-order chi connectivity index (χ0) is 24.3. The Morgan fingerprint density at radius 2 is 1.88 bits per heavy atom. The first-order valence-electron chi connectivity index (χ1n) is 10.4. The van der Waals surface area contributed by atoms with Crippen LogP contribution in [0.3, 0.4) is 0 Å². The van der Waals surface area contributed by atoms with Crippen molar-refractivity contribution >= 4 is 34.4 Å². The maximum Gasteiger partial charge on any atom is 0.433 e. The van der Waals surface area contributed by atoms with E-state index in [0.717, 1.165) is 19.3 Å². The van der Waals surface area contributed by atoms with Crippen LogP contribution >= 0.6 is 0 Å². The molecule has 1 saturated heterocycles. The Morgan fingerprint density at radius 1 is 1.15 bits per heavy atom. The second kappa shape index (κ2) is 9.65. The third-order valence-corrected chi connectivity index (χ3v) is 5.25. The number of halogens is 3. The number of alkyl halides is 3. The Kier molecular flexibility index (Phi) is 6.65. The van der Waals surface area contributed by atoms with Gasteiger partial charge in [0.1, 0.15) is 17.1 Å². The molecule has 0 spiro atoms. The highest BCUT2D eigenvalue weighted by Gasteiger charge is 2.34. The second-order valence-electron chi connectivity index (χ2n) is 7.64. The Balaban J connectivity index is 1.48. The van der Waals surface area contributed by atoms with Crippen molar-refractivity contribution in [3.63, 3.8) is 0 Å². The van der Waals surface area contributed by atoms with Crippen LogP contribution in [0, 0.1) is 0 Å². The van der Waals surface area contributed by atoms with Crippen LogP contribution in [0.15, 0.2) is 36.3 Å². The van der Waals surface area contributed by atoms with Crippen molar-refractivity contribution in [2.24, 2.45) is 5.73 Å². The lowest BCUT2D eigenvalue weighted by atomic mass is 10.2. The molecule has 0 saturated carbocycles. The minimum atomic E-state index is -4.71. The molecule has 0 unspecified atom stereocenters. The maximum atomic E-state index is 13.0. The average Bonchev–Trinajstić information content (AvgIpc) is 3.20. The molecule has 5 N–H and O–H groups in total. The third-order valence-electron chi connectivity index (χ3n) is 5.25. The van der Waals surface area contributed by atoms with E-state index in [0.29, 0.717) is 49.3 Å². The van der Waals surface area contributed by atoms with Crippen molar-refractivity contribution in [3.05, 3.63) is 47.8 Å². The minimum Gasteiger partial charge on any atom is -0.379 e. The summed E-state index contributed by atoms with van der Waals surface area (Å²) in [6, 6.07) is 5.64. The lowest BCUT2D eigenvalue weighted by Crippen LogP contribution is -2.38. The number of hydrogen-bond acceptors (Lipinski definition) is 8. The monoisotopic (exact) mass is 477 g/mol. The van der Waals surface area contributed by atoms with Crippen LogP contribution in [0.2, 0.25) is 0 Å². The van der Waals surface area contributed by atoms with E-state index in [-0.39, 0.29) is 17.3 Å². The molecule has 10 nitrogen and oxygen atoms in total. The number of nitrogens with one attached hydrogen (secondary N) is 3. The molecule has 2 amide bonds. The van der Waals surface area contributed by atoms with Crippen LogP contribution in [-0.2, 0) is 20.5 Å². The molecule has 1 aromatic heterocycles. The van der Waals surface area contributed by atoms with Gasteiger partial charge in [-0.3, -0.25) is 14.5 Å². The Morgan fingerprint density at radius 3 is 2.59 bits per heavy atom. The highest BCUT2D eigenvalue weighted by Crippen LogP contribution is 2.36. The standard InChI is InChI=1S/C21H22F3N7O3/c22-21(23,24)15-3-5-26-19(30-15)17(18(25)33)20-28-13-2-1-12(11-14(13)29-20)27-16(32)4-6-31-7-9-34-10-8-31/h1-3,5,11,28-29H,4,6-10H2,(H2,25,33)(H,27,32)/b20-17-. The van der Waals surface area contributed by atoms with Crippen molar-refractivity contribution < 1.29 is 27.5 Å². The van der Waals surface area contributed by atoms with Crippen LogP contribution in [0.25, 0.3) is 5.57 Å². The van der Waals surface area contributed by atoms with Gasteiger partial charge >= 0.3 is 6.18 Å². The van der Waals surface area contributed by atoms with Gasteiger partial charge in [-0.1, -0.05) is 0 Å². The van der Waals surface area contributed by atoms with E-state index in [1.54, 1.807) is 18.2 Å². The number of carbonyl (C=O) groups excluding carboxylic acids is 2.